The van der Waals surface area contributed by atoms with Gasteiger partial charge in [-0.1, -0.05) is 17.8 Å². The Bertz CT molecular complexity index is 812. The zero-order chi connectivity index (χ0) is 22.0. The van der Waals surface area contributed by atoms with Crippen molar-refractivity contribution in [3.8, 4) is 11.5 Å². The molecule has 1 amide bonds. The lowest BCUT2D eigenvalue weighted by Gasteiger charge is -2.21. The molecule has 0 saturated heterocycles. The number of hydrogen-bond donors (Lipinski definition) is 2. The number of ether oxygens (including phenoxy) is 2. The number of hydrogen-bond acceptors (Lipinski definition) is 8. The van der Waals surface area contributed by atoms with E-state index >= 15 is 0 Å². The highest BCUT2D eigenvalue weighted by Crippen LogP contribution is 2.28. The number of aryl methyl sites for hydroxylation is 1. The summed E-state index contributed by atoms with van der Waals surface area (Å²) in [7, 11) is 1.83. The second-order valence-electron chi connectivity index (χ2n) is 7.76. The predicted molar refractivity (Wildman–Crippen MR) is 124 cm³/mol. The molecule has 11 heteroatoms. The normalized spacial score (nSPS) is 11.0. The predicted octanol–water partition coefficient (Wildman–Crippen LogP) is 2.60. The van der Waals surface area contributed by atoms with Crippen molar-refractivity contribution in [1.29, 1.82) is 0 Å². The molecule has 9 nitrogen and oxygen atoms in total. The number of carbonyl (C=O) groups is 1. The third-order valence-electron chi connectivity index (χ3n) is 3.82. The number of rotatable bonds is 12. The largest absolute Gasteiger partial charge is 0.490 e. The number of aromatic nitrogens is 4. The maximum Gasteiger partial charge on any atom is 0.258 e. The number of halogens is 1. The standard InChI is InChI=1S/C20H32N6O3S.ClH/c1-6-28-17-12-15(8-9-16(17)29-14-18(27)22-20(2,3)4)13-21-10-7-11-30-19-23-24-25-26(19)5;/h8-9,12,21H,6-7,10-11,13-14H2,1-5H3,(H,22,27);1H. The third-order valence-corrected chi connectivity index (χ3v) is 4.92. The van der Waals surface area contributed by atoms with Crippen LogP contribution in [0, 0.1) is 0 Å². The molecule has 0 radical (unpaired) electrons. The number of amides is 1. The Morgan fingerprint density at radius 2 is 2.00 bits per heavy atom. The van der Waals surface area contributed by atoms with Crippen LogP contribution in [0.2, 0.25) is 0 Å². The summed E-state index contributed by atoms with van der Waals surface area (Å²) in [5, 5.41) is 18.5. The van der Waals surface area contributed by atoms with Gasteiger partial charge in [-0.2, -0.15) is 0 Å². The van der Waals surface area contributed by atoms with Crippen molar-refractivity contribution in [2.75, 3.05) is 25.5 Å². The topological polar surface area (TPSA) is 103 Å². The van der Waals surface area contributed by atoms with Crippen molar-refractivity contribution in [3.63, 3.8) is 0 Å². The second-order valence-corrected chi connectivity index (χ2v) is 8.83. The molecule has 0 atom stereocenters. The van der Waals surface area contributed by atoms with E-state index in [2.05, 4.69) is 26.2 Å². The maximum atomic E-state index is 12.0. The van der Waals surface area contributed by atoms with Crippen molar-refractivity contribution in [2.24, 2.45) is 7.05 Å². The molecule has 2 N–H and O–H groups in total. The molecule has 0 aliphatic carbocycles. The van der Waals surface area contributed by atoms with Crippen LogP contribution >= 0.6 is 24.2 Å². The number of thioether (sulfide) groups is 1. The fraction of sp³-hybridized carbons (Fsp3) is 0.600. The Labute approximate surface area is 194 Å². The van der Waals surface area contributed by atoms with Crippen LogP contribution in [-0.4, -0.2) is 57.2 Å². The van der Waals surface area contributed by atoms with E-state index in [1.807, 2.05) is 52.9 Å². The van der Waals surface area contributed by atoms with E-state index in [1.165, 1.54) is 0 Å². The summed E-state index contributed by atoms with van der Waals surface area (Å²) in [5.41, 5.74) is 0.803. The molecule has 31 heavy (non-hydrogen) atoms. The lowest BCUT2D eigenvalue weighted by Crippen LogP contribution is -2.43. The Balaban J connectivity index is 0.00000480. The van der Waals surface area contributed by atoms with Crippen LogP contribution in [-0.2, 0) is 18.4 Å². The van der Waals surface area contributed by atoms with E-state index in [-0.39, 0.29) is 30.5 Å². The first-order chi connectivity index (χ1) is 14.3. The monoisotopic (exact) mass is 472 g/mol. The first-order valence-corrected chi connectivity index (χ1v) is 11.0. The van der Waals surface area contributed by atoms with E-state index in [9.17, 15) is 4.79 Å². The highest BCUT2D eigenvalue weighted by Gasteiger charge is 2.15. The molecule has 0 saturated carbocycles. The van der Waals surface area contributed by atoms with Gasteiger partial charge >= 0.3 is 0 Å². The summed E-state index contributed by atoms with van der Waals surface area (Å²) in [6.45, 7) is 9.81. The lowest BCUT2D eigenvalue weighted by atomic mass is 10.1. The Morgan fingerprint density at radius 1 is 1.23 bits per heavy atom. The van der Waals surface area contributed by atoms with Gasteiger partial charge in [-0.25, -0.2) is 4.68 Å². The average Bonchev–Trinajstić information content (AvgIpc) is 3.07. The molecular formula is C20H33ClN6O3S. The second kappa shape index (κ2) is 13.4. The maximum absolute atomic E-state index is 12.0. The minimum Gasteiger partial charge on any atom is -0.490 e. The minimum atomic E-state index is -0.289. The molecule has 0 fully saturated rings. The summed E-state index contributed by atoms with van der Waals surface area (Å²) in [4.78, 5) is 12.0. The quantitative estimate of drug-likeness (QED) is 0.359. The van der Waals surface area contributed by atoms with Gasteiger partial charge in [0, 0.05) is 24.9 Å². The fourth-order valence-electron chi connectivity index (χ4n) is 2.58. The van der Waals surface area contributed by atoms with Gasteiger partial charge in [0.25, 0.3) is 5.91 Å². The lowest BCUT2D eigenvalue weighted by molar-refractivity contribution is -0.124. The molecule has 1 heterocycles. The van der Waals surface area contributed by atoms with Crippen LogP contribution in [0.3, 0.4) is 0 Å². The van der Waals surface area contributed by atoms with E-state index in [0.29, 0.717) is 18.1 Å². The first-order valence-electron chi connectivity index (χ1n) is 10.0. The van der Waals surface area contributed by atoms with Crippen molar-refractivity contribution in [2.45, 2.75) is 51.4 Å². The molecule has 0 aliphatic rings. The van der Waals surface area contributed by atoms with Crippen LogP contribution in [0.5, 0.6) is 11.5 Å². The number of tetrazole rings is 1. The average molecular weight is 473 g/mol. The van der Waals surface area contributed by atoms with Gasteiger partial charge < -0.3 is 20.1 Å². The Hall–Kier alpha value is -2.04. The molecule has 0 unspecified atom stereocenters. The summed E-state index contributed by atoms with van der Waals surface area (Å²) >= 11 is 1.64. The number of carbonyl (C=O) groups excluding carboxylic acids is 1. The molecule has 2 rings (SSSR count). The van der Waals surface area contributed by atoms with Gasteiger partial charge in [-0.05, 0) is 68.8 Å². The van der Waals surface area contributed by atoms with Crippen LogP contribution in [0.4, 0.5) is 0 Å². The minimum absolute atomic E-state index is 0. The van der Waals surface area contributed by atoms with Gasteiger partial charge in [-0.3, -0.25) is 4.79 Å². The highest BCUT2D eigenvalue weighted by molar-refractivity contribution is 7.99. The van der Waals surface area contributed by atoms with E-state index in [1.54, 1.807) is 16.4 Å². The van der Waals surface area contributed by atoms with Gasteiger partial charge in [-0.15, -0.1) is 17.5 Å². The molecule has 1 aromatic heterocycles. The summed E-state index contributed by atoms with van der Waals surface area (Å²) in [5.74, 6) is 1.99. The van der Waals surface area contributed by atoms with E-state index in [0.717, 1.165) is 36.0 Å². The van der Waals surface area contributed by atoms with Gasteiger partial charge in [0.1, 0.15) is 0 Å². The third kappa shape index (κ3) is 10.2. The number of nitrogens with one attached hydrogen (secondary N) is 2. The number of nitrogens with zero attached hydrogens (tertiary/aromatic N) is 4. The SMILES string of the molecule is CCOc1cc(CNCCCSc2nnnn2C)ccc1OCC(=O)NC(C)(C)C.Cl. The zero-order valence-corrected chi connectivity index (χ0v) is 20.4. The molecule has 0 bridgehead atoms. The van der Waals surface area contributed by atoms with Gasteiger partial charge in [0.2, 0.25) is 5.16 Å². The zero-order valence-electron chi connectivity index (χ0n) is 18.8. The summed E-state index contributed by atoms with van der Waals surface area (Å²) in [6.07, 6.45) is 1.000. The van der Waals surface area contributed by atoms with Gasteiger partial charge in [0.15, 0.2) is 18.1 Å². The first kappa shape index (κ1) is 27.0. The molecule has 0 aliphatic heterocycles. The van der Waals surface area contributed by atoms with Crippen LogP contribution in [0.15, 0.2) is 23.4 Å². The van der Waals surface area contributed by atoms with Crippen molar-refractivity contribution >= 4 is 30.1 Å². The van der Waals surface area contributed by atoms with E-state index in [4.69, 9.17) is 9.47 Å². The van der Waals surface area contributed by atoms with Crippen molar-refractivity contribution in [1.82, 2.24) is 30.8 Å². The molecule has 1 aromatic carbocycles. The molecule has 174 valence electrons. The van der Waals surface area contributed by atoms with E-state index < -0.39 is 0 Å². The smallest absolute Gasteiger partial charge is 0.258 e. The highest BCUT2D eigenvalue weighted by atomic mass is 35.5. The number of benzene rings is 1. The van der Waals surface area contributed by atoms with Crippen molar-refractivity contribution < 1.29 is 14.3 Å². The Kier molecular flexibility index (Phi) is 11.7. The van der Waals surface area contributed by atoms with Gasteiger partial charge in [0.05, 0.1) is 6.61 Å². The molecule has 0 spiro atoms. The fourth-order valence-corrected chi connectivity index (χ4v) is 3.37. The molecular weight excluding hydrogens is 440 g/mol. The van der Waals surface area contributed by atoms with Crippen LogP contribution in [0.1, 0.15) is 39.7 Å². The van der Waals surface area contributed by atoms with Crippen LogP contribution in [0.25, 0.3) is 0 Å². The van der Waals surface area contributed by atoms with Crippen LogP contribution < -0.4 is 20.1 Å². The summed E-state index contributed by atoms with van der Waals surface area (Å²) in [6, 6.07) is 5.78. The summed E-state index contributed by atoms with van der Waals surface area (Å²) < 4.78 is 13.0. The Morgan fingerprint density at radius 3 is 2.65 bits per heavy atom. The molecule has 2 aromatic rings. The van der Waals surface area contributed by atoms with Crippen molar-refractivity contribution in [3.05, 3.63) is 23.8 Å².